The molecule has 0 spiro atoms. The lowest BCUT2D eigenvalue weighted by Gasteiger charge is -2.23. The van der Waals surface area contributed by atoms with E-state index in [4.69, 9.17) is 0 Å². The molecule has 2 bridgehead atoms. The number of rotatable bonds is 0. The maximum absolute atomic E-state index is 1.62. The van der Waals surface area contributed by atoms with Crippen LogP contribution in [0.25, 0.3) is 0 Å². The van der Waals surface area contributed by atoms with Gasteiger partial charge >= 0.3 is 0 Å². The first kappa shape index (κ1) is 5.62. The Kier molecular flexibility index (Phi) is 1.00. The average Bonchev–Trinajstić information content (AvgIpc) is 2.60. The van der Waals surface area contributed by atoms with Gasteiger partial charge in [-0.15, -0.1) is 0 Å². The fourth-order valence-electron chi connectivity index (χ4n) is 4.02. The molecule has 4 atom stereocenters. The largest absolute Gasteiger partial charge is 0.0527 e. The minimum absolute atomic E-state index is 1.19. The van der Waals surface area contributed by atoms with Gasteiger partial charge in [-0.3, -0.25) is 0 Å². The highest BCUT2D eigenvalue weighted by Crippen LogP contribution is 2.58. The fraction of sp³-hybridized carbons (Fsp3) is 1.00. The zero-order valence-corrected chi connectivity index (χ0v) is 6.55. The molecule has 3 aliphatic carbocycles. The molecule has 3 fully saturated rings. The van der Waals surface area contributed by atoms with Crippen LogP contribution in [0, 0.1) is 23.7 Å². The number of hydrogen-bond acceptors (Lipinski definition) is 0. The normalized spacial score (nSPS) is 57.6. The van der Waals surface area contributed by atoms with Crippen LogP contribution in [0.2, 0.25) is 0 Å². The molecule has 0 radical (unpaired) electrons. The average molecular weight is 136 g/mol. The molecule has 0 heterocycles. The van der Waals surface area contributed by atoms with Crippen LogP contribution >= 0.6 is 0 Å². The highest BCUT2D eigenvalue weighted by atomic mass is 14.5. The summed E-state index contributed by atoms with van der Waals surface area (Å²) in [7, 11) is 0. The van der Waals surface area contributed by atoms with Crippen molar-refractivity contribution in [1.29, 1.82) is 0 Å². The summed E-state index contributed by atoms with van der Waals surface area (Å²) < 4.78 is 0. The van der Waals surface area contributed by atoms with E-state index in [0.29, 0.717) is 0 Å². The molecule has 0 aromatic heterocycles. The van der Waals surface area contributed by atoms with Gasteiger partial charge in [-0.25, -0.2) is 0 Å². The van der Waals surface area contributed by atoms with Crippen LogP contribution in [0.4, 0.5) is 0 Å². The van der Waals surface area contributed by atoms with Gasteiger partial charge < -0.3 is 0 Å². The van der Waals surface area contributed by atoms with Crippen LogP contribution in [0.1, 0.15) is 38.5 Å². The molecule has 0 amide bonds. The van der Waals surface area contributed by atoms with E-state index in [0.717, 1.165) is 0 Å². The number of hydrogen-bond donors (Lipinski definition) is 0. The van der Waals surface area contributed by atoms with Gasteiger partial charge in [0.2, 0.25) is 0 Å². The third-order valence-electron chi connectivity index (χ3n) is 4.35. The Balaban J connectivity index is 1.92. The van der Waals surface area contributed by atoms with E-state index in [9.17, 15) is 0 Å². The molecule has 0 saturated heterocycles. The third kappa shape index (κ3) is 0.538. The van der Waals surface area contributed by atoms with Gasteiger partial charge in [0, 0.05) is 0 Å². The first-order valence-electron chi connectivity index (χ1n) is 4.95. The summed E-state index contributed by atoms with van der Waals surface area (Å²) in [4.78, 5) is 0. The maximum Gasteiger partial charge on any atom is -0.0355 e. The number of fused-ring (bicyclic) bond motifs is 5. The predicted molar refractivity (Wildman–Crippen MR) is 41.7 cm³/mol. The molecule has 3 rings (SSSR count). The van der Waals surface area contributed by atoms with Gasteiger partial charge in [0.05, 0.1) is 0 Å². The maximum atomic E-state index is 1.62. The second kappa shape index (κ2) is 1.78. The fourth-order valence-corrected chi connectivity index (χ4v) is 4.02. The highest BCUT2D eigenvalue weighted by Gasteiger charge is 2.48. The Morgan fingerprint density at radius 1 is 0.700 bits per heavy atom. The first-order chi connectivity index (χ1) is 4.95. The van der Waals surface area contributed by atoms with Crippen LogP contribution in [-0.2, 0) is 0 Å². The van der Waals surface area contributed by atoms with Crippen LogP contribution in [-0.4, -0.2) is 0 Å². The quantitative estimate of drug-likeness (QED) is 0.480. The van der Waals surface area contributed by atoms with E-state index >= 15 is 0 Å². The van der Waals surface area contributed by atoms with E-state index in [1.165, 1.54) is 23.7 Å². The van der Waals surface area contributed by atoms with Gasteiger partial charge in [0.15, 0.2) is 0 Å². The lowest BCUT2D eigenvalue weighted by atomic mass is 9.82. The summed E-state index contributed by atoms with van der Waals surface area (Å²) in [5.41, 5.74) is 0. The molecule has 10 heavy (non-hydrogen) atoms. The van der Waals surface area contributed by atoms with Crippen molar-refractivity contribution in [3.8, 4) is 0 Å². The van der Waals surface area contributed by atoms with Gasteiger partial charge in [-0.2, -0.15) is 0 Å². The molecule has 3 aliphatic rings. The smallest absolute Gasteiger partial charge is 0.0355 e. The Morgan fingerprint density at radius 3 is 1.90 bits per heavy atom. The van der Waals surface area contributed by atoms with E-state index in [-0.39, 0.29) is 0 Å². The SMILES string of the molecule is C1C[C@H]2[C@@H]3CC[C@H](C3)[C@@H]2C1. The summed E-state index contributed by atoms with van der Waals surface area (Å²) in [6, 6.07) is 0. The standard InChI is InChI=1S/C10H16/c1-2-9-7-4-5-8(6-7)10(9)3-1/h7-10H,1-6H2/t7-,8-,9+,10+/m1/s1. The van der Waals surface area contributed by atoms with Crippen molar-refractivity contribution in [2.75, 3.05) is 0 Å². The molecule has 56 valence electrons. The lowest BCUT2D eigenvalue weighted by molar-refractivity contribution is 0.259. The minimum Gasteiger partial charge on any atom is -0.0527 e. The Bertz CT molecular complexity index is 134. The molecule has 0 aliphatic heterocycles. The van der Waals surface area contributed by atoms with Gasteiger partial charge in [0.25, 0.3) is 0 Å². The molecule has 0 aromatic carbocycles. The zero-order chi connectivity index (χ0) is 6.55. The van der Waals surface area contributed by atoms with Crippen molar-refractivity contribution in [2.45, 2.75) is 38.5 Å². The highest BCUT2D eigenvalue weighted by molar-refractivity contribution is 4.98. The van der Waals surface area contributed by atoms with E-state index < -0.39 is 0 Å². The van der Waals surface area contributed by atoms with Gasteiger partial charge in [-0.05, 0) is 55.8 Å². The Hall–Kier alpha value is 0. The predicted octanol–water partition coefficient (Wildman–Crippen LogP) is 2.83. The monoisotopic (exact) mass is 136 g/mol. The minimum atomic E-state index is 1.19. The molecule has 0 nitrogen and oxygen atoms in total. The molecule has 3 saturated carbocycles. The van der Waals surface area contributed by atoms with Crippen molar-refractivity contribution >= 4 is 0 Å². The van der Waals surface area contributed by atoms with Crippen LogP contribution in [0.3, 0.4) is 0 Å². The third-order valence-corrected chi connectivity index (χ3v) is 4.35. The second-order valence-electron chi connectivity index (χ2n) is 4.59. The van der Waals surface area contributed by atoms with E-state index in [1.54, 1.807) is 38.5 Å². The summed E-state index contributed by atoms with van der Waals surface area (Å²) in [6.45, 7) is 0. The summed E-state index contributed by atoms with van der Waals surface area (Å²) >= 11 is 0. The van der Waals surface area contributed by atoms with Crippen LogP contribution in [0.5, 0.6) is 0 Å². The van der Waals surface area contributed by atoms with Crippen molar-refractivity contribution < 1.29 is 0 Å². The van der Waals surface area contributed by atoms with Crippen molar-refractivity contribution in [3.05, 3.63) is 0 Å². The second-order valence-corrected chi connectivity index (χ2v) is 4.59. The van der Waals surface area contributed by atoms with Crippen molar-refractivity contribution in [1.82, 2.24) is 0 Å². The molecule has 0 N–H and O–H groups in total. The van der Waals surface area contributed by atoms with Crippen LogP contribution in [0.15, 0.2) is 0 Å². The summed E-state index contributed by atoms with van der Waals surface area (Å²) in [5, 5.41) is 0. The lowest BCUT2D eigenvalue weighted by Crippen LogP contribution is -2.15. The summed E-state index contributed by atoms with van der Waals surface area (Å²) in [5.74, 6) is 4.80. The molecular formula is C10H16. The molecular weight excluding hydrogens is 120 g/mol. The zero-order valence-electron chi connectivity index (χ0n) is 6.55. The molecule has 0 unspecified atom stereocenters. The molecule has 0 aromatic rings. The van der Waals surface area contributed by atoms with Gasteiger partial charge in [0.1, 0.15) is 0 Å². The summed E-state index contributed by atoms with van der Waals surface area (Å²) in [6.07, 6.45) is 9.53. The molecule has 0 heteroatoms. The van der Waals surface area contributed by atoms with E-state index in [1.807, 2.05) is 0 Å². The van der Waals surface area contributed by atoms with Crippen molar-refractivity contribution in [2.24, 2.45) is 23.7 Å². The van der Waals surface area contributed by atoms with Gasteiger partial charge in [-0.1, -0.05) is 6.42 Å². The Morgan fingerprint density at radius 2 is 1.30 bits per heavy atom. The first-order valence-corrected chi connectivity index (χ1v) is 4.95. The van der Waals surface area contributed by atoms with E-state index in [2.05, 4.69) is 0 Å². The van der Waals surface area contributed by atoms with Crippen molar-refractivity contribution in [3.63, 3.8) is 0 Å². The van der Waals surface area contributed by atoms with Crippen LogP contribution < -0.4 is 0 Å². The topological polar surface area (TPSA) is 0 Å². The Labute approximate surface area is 63.0 Å².